The molecule has 1 aliphatic heterocycles. The predicted octanol–water partition coefficient (Wildman–Crippen LogP) is 1.74. The van der Waals surface area contributed by atoms with Gasteiger partial charge in [-0.15, -0.1) is 0 Å². The third-order valence-electron chi connectivity index (χ3n) is 3.61. The fraction of sp³-hybridized carbons (Fsp3) is 0.467. The Hall–Kier alpha value is -1.72. The summed E-state index contributed by atoms with van der Waals surface area (Å²) in [5.74, 6) is 1.33. The summed E-state index contributed by atoms with van der Waals surface area (Å²) in [5, 5.41) is 13.5. The number of β-amino-alcohol motifs (C(OH)–C–C–N with tert-alkyl or cyclic N) is 1. The summed E-state index contributed by atoms with van der Waals surface area (Å²) in [6, 6.07) is 9.84. The Bertz CT molecular complexity index is 541. The molecule has 5 nitrogen and oxygen atoms in total. The number of likely N-dealkylation sites (tertiary alicyclic amines) is 1. The first kappa shape index (κ1) is 13.3. The van der Waals surface area contributed by atoms with Gasteiger partial charge in [-0.3, -0.25) is 0 Å². The number of aliphatic hydroxyl groups excluding tert-OH is 1. The van der Waals surface area contributed by atoms with Crippen LogP contribution in [0.3, 0.4) is 0 Å². The highest BCUT2D eigenvalue weighted by Crippen LogP contribution is 2.16. The molecule has 2 aromatic rings. The van der Waals surface area contributed by atoms with Gasteiger partial charge in [0.15, 0.2) is 0 Å². The van der Waals surface area contributed by atoms with Crippen LogP contribution in [0.25, 0.3) is 11.4 Å². The van der Waals surface area contributed by atoms with Crippen LogP contribution in [0.4, 0.5) is 0 Å². The van der Waals surface area contributed by atoms with E-state index in [4.69, 9.17) is 4.52 Å². The number of aryl methyl sites for hydroxylation is 1. The van der Waals surface area contributed by atoms with E-state index in [1.54, 1.807) is 0 Å². The highest BCUT2D eigenvalue weighted by Gasteiger charge is 2.19. The van der Waals surface area contributed by atoms with Crippen molar-refractivity contribution >= 4 is 0 Å². The molecule has 20 heavy (non-hydrogen) atoms. The second kappa shape index (κ2) is 6.15. The Morgan fingerprint density at radius 1 is 1.30 bits per heavy atom. The maximum atomic E-state index is 9.46. The topological polar surface area (TPSA) is 62.4 Å². The molecule has 0 unspecified atom stereocenters. The second-order valence-corrected chi connectivity index (χ2v) is 5.22. The second-order valence-electron chi connectivity index (χ2n) is 5.22. The van der Waals surface area contributed by atoms with Crippen LogP contribution < -0.4 is 0 Å². The molecule has 0 amide bonds. The third kappa shape index (κ3) is 3.23. The van der Waals surface area contributed by atoms with Crippen LogP contribution in [0.5, 0.6) is 0 Å². The Morgan fingerprint density at radius 2 is 2.15 bits per heavy atom. The highest BCUT2D eigenvalue weighted by atomic mass is 16.5. The van der Waals surface area contributed by atoms with Crippen molar-refractivity contribution < 1.29 is 9.63 Å². The lowest BCUT2D eigenvalue weighted by Crippen LogP contribution is -2.23. The monoisotopic (exact) mass is 273 g/mol. The van der Waals surface area contributed by atoms with Gasteiger partial charge in [-0.05, 0) is 19.4 Å². The zero-order valence-electron chi connectivity index (χ0n) is 11.4. The van der Waals surface area contributed by atoms with E-state index in [1.165, 1.54) is 0 Å². The fourth-order valence-corrected chi connectivity index (χ4v) is 2.53. The summed E-state index contributed by atoms with van der Waals surface area (Å²) in [4.78, 5) is 6.69. The van der Waals surface area contributed by atoms with Gasteiger partial charge in [0.05, 0.1) is 6.10 Å². The van der Waals surface area contributed by atoms with Gasteiger partial charge in [0.25, 0.3) is 0 Å². The molecule has 106 valence electrons. The van der Waals surface area contributed by atoms with Crippen molar-refractivity contribution in [2.24, 2.45) is 0 Å². The molecule has 1 aromatic carbocycles. The van der Waals surface area contributed by atoms with Gasteiger partial charge in [-0.1, -0.05) is 35.5 Å². The molecule has 0 saturated carbocycles. The molecule has 0 bridgehead atoms. The Morgan fingerprint density at radius 3 is 2.90 bits per heavy atom. The molecule has 2 heterocycles. The SMILES string of the molecule is O[C@@H]1CCN(CCCc2nc(-c3ccccc3)no2)C1. The Kier molecular flexibility index (Phi) is 4.08. The van der Waals surface area contributed by atoms with Crippen LogP contribution in [0.2, 0.25) is 0 Å². The fourth-order valence-electron chi connectivity index (χ4n) is 2.53. The van der Waals surface area contributed by atoms with Crippen molar-refractivity contribution in [3.63, 3.8) is 0 Å². The lowest BCUT2D eigenvalue weighted by atomic mass is 10.2. The summed E-state index contributed by atoms with van der Waals surface area (Å²) in [5.41, 5.74) is 0.977. The number of hydrogen-bond donors (Lipinski definition) is 1. The van der Waals surface area contributed by atoms with Crippen molar-refractivity contribution in [1.82, 2.24) is 15.0 Å². The first-order chi connectivity index (χ1) is 9.81. The molecule has 1 N–H and O–H groups in total. The zero-order chi connectivity index (χ0) is 13.8. The maximum absolute atomic E-state index is 9.46. The van der Waals surface area contributed by atoms with E-state index in [1.807, 2.05) is 30.3 Å². The third-order valence-corrected chi connectivity index (χ3v) is 3.61. The predicted molar refractivity (Wildman–Crippen MR) is 75.1 cm³/mol. The largest absolute Gasteiger partial charge is 0.392 e. The number of hydrogen-bond acceptors (Lipinski definition) is 5. The molecule has 1 fully saturated rings. The van der Waals surface area contributed by atoms with E-state index in [9.17, 15) is 5.11 Å². The summed E-state index contributed by atoms with van der Waals surface area (Å²) < 4.78 is 5.28. The zero-order valence-corrected chi connectivity index (χ0v) is 11.4. The smallest absolute Gasteiger partial charge is 0.227 e. The van der Waals surface area contributed by atoms with Gasteiger partial charge in [-0.25, -0.2) is 0 Å². The molecule has 1 aliphatic rings. The minimum atomic E-state index is -0.150. The van der Waals surface area contributed by atoms with Gasteiger partial charge in [-0.2, -0.15) is 4.98 Å². The lowest BCUT2D eigenvalue weighted by molar-refractivity contribution is 0.175. The lowest BCUT2D eigenvalue weighted by Gasteiger charge is -2.13. The van der Waals surface area contributed by atoms with Crippen molar-refractivity contribution in [1.29, 1.82) is 0 Å². The van der Waals surface area contributed by atoms with Crippen molar-refractivity contribution in [3.8, 4) is 11.4 Å². The molecule has 0 aliphatic carbocycles. The van der Waals surface area contributed by atoms with Crippen LogP contribution in [0, 0.1) is 0 Å². The van der Waals surface area contributed by atoms with E-state index < -0.39 is 0 Å². The molecule has 0 spiro atoms. The van der Waals surface area contributed by atoms with E-state index in [0.29, 0.717) is 11.7 Å². The summed E-state index contributed by atoms with van der Waals surface area (Å²) in [7, 11) is 0. The Labute approximate surface area is 118 Å². The van der Waals surface area contributed by atoms with E-state index >= 15 is 0 Å². The average molecular weight is 273 g/mol. The van der Waals surface area contributed by atoms with Crippen LogP contribution in [0.15, 0.2) is 34.9 Å². The number of benzene rings is 1. The molecular weight excluding hydrogens is 254 g/mol. The van der Waals surface area contributed by atoms with E-state index in [-0.39, 0.29) is 6.10 Å². The van der Waals surface area contributed by atoms with E-state index in [2.05, 4.69) is 15.0 Å². The summed E-state index contributed by atoms with van der Waals surface area (Å²) in [6.45, 7) is 2.75. The van der Waals surface area contributed by atoms with Crippen LogP contribution in [-0.4, -0.2) is 45.9 Å². The van der Waals surface area contributed by atoms with Gasteiger partial charge in [0.2, 0.25) is 11.7 Å². The van der Waals surface area contributed by atoms with Crippen molar-refractivity contribution in [3.05, 3.63) is 36.2 Å². The van der Waals surface area contributed by atoms with Crippen LogP contribution >= 0.6 is 0 Å². The van der Waals surface area contributed by atoms with Gasteiger partial charge in [0.1, 0.15) is 0 Å². The first-order valence-electron chi connectivity index (χ1n) is 7.10. The number of aliphatic hydroxyl groups is 1. The molecule has 1 aromatic heterocycles. The summed E-state index contributed by atoms with van der Waals surface area (Å²) >= 11 is 0. The molecule has 1 atom stereocenters. The highest BCUT2D eigenvalue weighted by molar-refractivity contribution is 5.53. The summed E-state index contributed by atoms with van der Waals surface area (Å²) in [6.07, 6.45) is 2.50. The quantitative estimate of drug-likeness (QED) is 0.899. The number of aromatic nitrogens is 2. The first-order valence-corrected chi connectivity index (χ1v) is 7.10. The van der Waals surface area contributed by atoms with Crippen molar-refractivity contribution in [2.75, 3.05) is 19.6 Å². The molecule has 0 radical (unpaired) electrons. The molecule has 1 saturated heterocycles. The number of nitrogens with zero attached hydrogens (tertiary/aromatic N) is 3. The van der Waals surface area contributed by atoms with Gasteiger partial charge in [0, 0.05) is 25.1 Å². The normalized spacial score (nSPS) is 19.6. The minimum Gasteiger partial charge on any atom is -0.392 e. The maximum Gasteiger partial charge on any atom is 0.227 e. The van der Waals surface area contributed by atoms with Crippen LogP contribution in [0.1, 0.15) is 18.7 Å². The number of rotatable bonds is 5. The molecule has 3 rings (SSSR count). The van der Waals surface area contributed by atoms with Gasteiger partial charge >= 0.3 is 0 Å². The minimum absolute atomic E-state index is 0.150. The average Bonchev–Trinajstić information content (AvgIpc) is 3.09. The Balaban J connectivity index is 1.50. The van der Waals surface area contributed by atoms with Gasteiger partial charge < -0.3 is 14.5 Å². The molecule has 5 heteroatoms. The molecular formula is C15H19N3O2. The van der Waals surface area contributed by atoms with Crippen LogP contribution in [-0.2, 0) is 6.42 Å². The van der Waals surface area contributed by atoms with E-state index in [0.717, 1.165) is 44.5 Å². The standard InChI is InChI=1S/C15H19N3O2/c19-13-8-10-18(11-13)9-4-7-14-16-15(17-20-14)12-5-2-1-3-6-12/h1-3,5-6,13,19H,4,7-11H2/t13-/m1/s1. The van der Waals surface area contributed by atoms with Crippen molar-refractivity contribution in [2.45, 2.75) is 25.4 Å².